The quantitative estimate of drug-likeness (QED) is 0.336. The van der Waals surface area contributed by atoms with Crippen molar-refractivity contribution in [2.24, 2.45) is 0 Å². The Balaban J connectivity index is 1.71. The SMILES string of the molecule is Cc1cc(C)cc(N(CC(=O)N(Cc2ccccc2Cl)[C@@H](C)C(=O)NC2CCCC2)S(=O)(=O)c2ccccc2)c1. The zero-order chi connectivity index (χ0) is 28.9. The fraction of sp³-hybridized carbons (Fsp3) is 0.355. The Morgan fingerprint density at radius 2 is 1.55 bits per heavy atom. The molecule has 9 heteroatoms. The molecule has 1 saturated carbocycles. The van der Waals surface area contributed by atoms with Gasteiger partial charge in [-0.3, -0.25) is 13.9 Å². The van der Waals surface area contributed by atoms with Crippen molar-refractivity contribution in [3.8, 4) is 0 Å². The number of aryl methyl sites for hydroxylation is 2. The Kier molecular flexibility index (Phi) is 9.53. The lowest BCUT2D eigenvalue weighted by Gasteiger charge is -2.33. The number of rotatable bonds is 10. The Bertz CT molecular complexity index is 1440. The number of nitrogens with zero attached hydrogens (tertiary/aromatic N) is 2. The molecular formula is C31H36ClN3O4S. The van der Waals surface area contributed by atoms with Gasteiger partial charge in [0, 0.05) is 17.6 Å². The molecule has 0 aliphatic heterocycles. The summed E-state index contributed by atoms with van der Waals surface area (Å²) in [5, 5.41) is 3.54. The van der Waals surface area contributed by atoms with Gasteiger partial charge in [-0.25, -0.2) is 8.42 Å². The lowest BCUT2D eigenvalue weighted by Crippen LogP contribution is -2.52. The first kappa shape index (κ1) is 29.6. The van der Waals surface area contributed by atoms with Gasteiger partial charge in [0.1, 0.15) is 12.6 Å². The summed E-state index contributed by atoms with van der Waals surface area (Å²) < 4.78 is 29.0. The van der Waals surface area contributed by atoms with E-state index in [0.29, 0.717) is 16.3 Å². The third-order valence-electron chi connectivity index (χ3n) is 7.27. The first-order valence-corrected chi connectivity index (χ1v) is 15.4. The molecule has 0 bridgehead atoms. The van der Waals surface area contributed by atoms with E-state index < -0.39 is 28.5 Å². The zero-order valence-corrected chi connectivity index (χ0v) is 24.7. The number of carbonyl (C=O) groups is 2. The van der Waals surface area contributed by atoms with Gasteiger partial charge >= 0.3 is 0 Å². The van der Waals surface area contributed by atoms with Crippen LogP contribution in [0, 0.1) is 13.8 Å². The molecule has 1 fully saturated rings. The normalized spacial score (nSPS) is 14.5. The van der Waals surface area contributed by atoms with Crippen LogP contribution < -0.4 is 9.62 Å². The number of anilines is 1. The van der Waals surface area contributed by atoms with Crippen LogP contribution in [0.4, 0.5) is 5.69 Å². The average molecular weight is 582 g/mol. The monoisotopic (exact) mass is 581 g/mol. The molecule has 2 amide bonds. The second-order valence-electron chi connectivity index (χ2n) is 10.4. The highest BCUT2D eigenvalue weighted by molar-refractivity contribution is 7.92. The minimum atomic E-state index is -4.10. The molecule has 0 radical (unpaired) electrons. The van der Waals surface area contributed by atoms with Gasteiger partial charge in [0.2, 0.25) is 11.8 Å². The second kappa shape index (κ2) is 12.9. The summed E-state index contributed by atoms with van der Waals surface area (Å²) >= 11 is 6.44. The van der Waals surface area contributed by atoms with Crippen LogP contribution in [0.3, 0.4) is 0 Å². The second-order valence-corrected chi connectivity index (χ2v) is 12.7. The molecule has 0 heterocycles. The molecule has 1 N–H and O–H groups in total. The van der Waals surface area contributed by atoms with Crippen LogP contribution in [0.5, 0.6) is 0 Å². The molecule has 7 nitrogen and oxygen atoms in total. The summed E-state index contributed by atoms with van der Waals surface area (Å²) in [6, 6.07) is 19.9. The summed E-state index contributed by atoms with van der Waals surface area (Å²) in [6.07, 6.45) is 3.94. The van der Waals surface area contributed by atoms with Crippen LogP contribution in [0.2, 0.25) is 5.02 Å². The number of nitrogens with one attached hydrogen (secondary N) is 1. The number of carbonyl (C=O) groups excluding carboxylic acids is 2. The summed E-state index contributed by atoms with van der Waals surface area (Å²) in [6.45, 7) is 5.01. The van der Waals surface area contributed by atoms with E-state index in [1.54, 1.807) is 55.5 Å². The first-order chi connectivity index (χ1) is 19.1. The van der Waals surface area contributed by atoms with Gasteiger partial charge in [0.15, 0.2) is 0 Å². The van der Waals surface area contributed by atoms with Gasteiger partial charge in [-0.15, -0.1) is 0 Å². The minimum Gasteiger partial charge on any atom is -0.352 e. The molecule has 1 aliphatic rings. The van der Waals surface area contributed by atoms with E-state index in [2.05, 4.69) is 5.32 Å². The topological polar surface area (TPSA) is 86.8 Å². The van der Waals surface area contributed by atoms with E-state index in [9.17, 15) is 18.0 Å². The molecule has 3 aromatic rings. The van der Waals surface area contributed by atoms with E-state index in [0.717, 1.165) is 41.1 Å². The Morgan fingerprint density at radius 3 is 2.17 bits per heavy atom. The third-order valence-corrected chi connectivity index (χ3v) is 9.43. The number of hydrogen-bond acceptors (Lipinski definition) is 4. The van der Waals surface area contributed by atoms with Crippen molar-refractivity contribution in [3.63, 3.8) is 0 Å². The average Bonchev–Trinajstić information content (AvgIpc) is 3.43. The van der Waals surface area contributed by atoms with Crippen molar-refractivity contribution in [1.29, 1.82) is 0 Å². The predicted molar refractivity (Wildman–Crippen MR) is 159 cm³/mol. The number of sulfonamides is 1. The largest absolute Gasteiger partial charge is 0.352 e. The maximum Gasteiger partial charge on any atom is 0.264 e. The van der Waals surface area contributed by atoms with Gasteiger partial charge in [-0.2, -0.15) is 0 Å². The fourth-order valence-electron chi connectivity index (χ4n) is 5.13. The van der Waals surface area contributed by atoms with Crippen molar-refractivity contribution in [2.45, 2.75) is 70.0 Å². The van der Waals surface area contributed by atoms with E-state index in [1.165, 1.54) is 17.0 Å². The molecule has 0 spiro atoms. The van der Waals surface area contributed by atoms with Crippen LogP contribution in [0.1, 0.15) is 49.3 Å². The van der Waals surface area contributed by atoms with Gasteiger partial charge in [0.05, 0.1) is 10.6 Å². The lowest BCUT2D eigenvalue weighted by atomic mass is 10.1. The zero-order valence-electron chi connectivity index (χ0n) is 23.1. The van der Waals surface area contributed by atoms with Crippen molar-refractivity contribution in [2.75, 3.05) is 10.8 Å². The van der Waals surface area contributed by atoms with Gasteiger partial charge in [-0.1, -0.05) is 66.9 Å². The van der Waals surface area contributed by atoms with Gasteiger partial charge < -0.3 is 10.2 Å². The molecule has 1 aliphatic carbocycles. The van der Waals surface area contributed by atoms with E-state index in [1.807, 2.05) is 26.0 Å². The summed E-state index contributed by atoms with van der Waals surface area (Å²) in [4.78, 5) is 28.9. The lowest BCUT2D eigenvalue weighted by molar-refractivity contribution is -0.139. The smallest absolute Gasteiger partial charge is 0.264 e. The van der Waals surface area contributed by atoms with Crippen molar-refractivity contribution in [3.05, 3.63) is 94.5 Å². The maximum absolute atomic E-state index is 14.1. The number of amides is 2. The Hall–Kier alpha value is -3.36. The van der Waals surface area contributed by atoms with Crippen LogP contribution in [-0.4, -0.2) is 43.8 Å². The maximum atomic E-state index is 14.1. The molecule has 3 aromatic carbocycles. The molecule has 0 unspecified atom stereocenters. The third kappa shape index (κ3) is 7.04. The number of halogens is 1. The highest BCUT2D eigenvalue weighted by atomic mass is 35.5. The van der Waals surface area contributed by atoms with Gasteiger partial charge in [0.25, 0.3) is 10.0 Å². The molecule has 1 atom stereocenters. The van der Waals surface area contributed by atoms with E-state index in [-0.39, 0.29) is 23.4 Å². The van der Waals surface area contributed by atoms with Crippen LogP contribution in [-0.2, 0) is 26.2 Å². The highest BCUT2D eigenvalue weighted by Gasteiger charge is 2.33. The number of hydrogen-bond donors (Lipinski definition) is 1. The highest BCUT2D eigenvalue weighted by Crippen LogP contribution is 2.27. The van der Waals surface area contributed by atoms with Crippen molar-refractivity contribution in [1.82, 2.24) is 10.2 Å². The predicted octanol–water partition coefficient (Wildman–Crippen LogP) is 5.63. The molecule has 4 rings (SSSR count). The Morgan fingerprint density at radius 1 is 0.950 bits per heavy atom. The minimum absolute atomic E-state index is 0.0594. The van der Waals surface area contributed by atoms with E-state index >= 15 is 0 Å². The molecular weight excluding hydrogens is 546 g/mol. The molecule has 212 valence electrons. The van der Waals surface area contributed by atoms with Crippen LogP contribution in [0.25, 0.3) is 0 Å². The Labute approximate surface area is 242 Å². The van der Waals surface area contributed by atoms with Crippen molar-refractivity contribution >= 4 is 39.1 Å². The van der Waals surface area contributed by atoms with Crippen LogP contribution in [0.15, 0.2) is 77.7 Å². The molecule has 0 aromatic heterocycles. The first-order valence-electron chi connectivity index (χ1n) is 13.6. The number of benzene rings is 3. The fourth-order valence-corrected chi connectivity index (χ4v) is 6.74. The van der Waals surface area contributed by atoms with Crippen LogP contribution >= 0.6 is 11.6 Å². The van der Waals surface area contributed by atoms with Crippen molar-refractivity contribution < 1.29 is 18.0 Å². The standard InChI is InChI=1S/C31H36ClN3O4S/c1-22-17-23(2)19-27(18-22)35(40(38,39)28-14-5-4-6-15-28)21-30(36)34(20-25-11-7-10-16-29(25)32)24(3)31(37)33-26-12-8-9-13-26/h4-7,10-11,14-19,24,26H,8-9,12-13,20-21H2,1-3H3,(H,33,37)/t24-/m0/s1. The molecule has 0 saturated heterocycles. The summed E-state index contributed by atoms with van der Waals surface area (Å²) in [5.41, 5.74) is 2.79. The van der Waals surface area contributed by atoms with E-state index in [4.69, 9.17) is 11.6 Å². The van der Waals surface area contributed by atoms with Gasteiger partial charge in [-0.05, 0) is 80.6 Å². The molecule has 40 heavy (non-hydrogen) atoms. The summed E-state index contributed by atoms with van der Waals surface area (Å²) in [7, 11) is -4.10. The summed E-state index contributed by atoms with van der Waals surface area (Å²) in [5.74, 6) is -0.774.